The minimum absolute atomic E-state index is 0.954. The highest BCUT2D eigenvalue weighted by molar-refractivity contribution is 7.79. The van der Waals surface area contributed by atoms with Crippen LogP contribution < -0.4 is 5.73 Å². The average molecular weight is 261 g/mol. The first-order valence-electron chi connectivity index (χ1n) is 4.99. The van der Waals surface area contributed by atoms with Crippen molar-refractivity contribution in [2.75, 3.05) is 5.73 Å². The highest BCUT2D eigenvalue weighted by atomic mass is 32.3. The van der Waals surface area contributed by atoms with E-state index in [1.807, 2.05) is 0 Å². The molecule has 0 radical (unpaired) electrons. The number of hydrogen-bond acceptors (Lipinski definition) is 3. The van der Waals surface area contributed by atoms with Crippen LogP contribution in [0.4, 0.5) is 5.69 Å². The van der Waals surface area contributed by atoms with Crippen LogP contribution in [0.25, 0.3) is 0 Å². The molecule has 0 aromatic heterocycles. The molecule has 0 spiro atoms. The van der Waals surface area contributed by atoms with Gasteiger partial charge in [-0.3, -0.25) is 9.11 Å². The Bertz CT molecular complexity index is 408. The van der Waals surface area contributed by atoms with Gasteiger partial charge < -0.3 is 5.73 Å². The van der Waals surface area contributed by atoms with Crippen LogP contribution in [0.3, 0.4) is 0 Å². The second-order valence-corrected chi connectivity index (χ2v) is 4.88. The molecule has 1 rings (SSSR count). The van der Waals surface area contributed by atoms with E-state index in [-0.39, 0.29) is 0 Å². The van der Waals surface area contributed by atoms with Crippen LogP contribution in [0.1, 0.15) is 27.8 Å². The van der Waals surface area contributed by atoms with E-state index in [9.17, 15) is 0 Å². The molecule has 0 unspecified atom stereocenters. The first-order chi connectivity index (χ1) is 7.46. The number of anilines is 1. The molecular weight excluding hydrogens is 242 g/mol. The zero-order valence-electron chi connectivity index (χ0n) is 10.7. The molecule has 0 aliphatic carbocycles. The van der Waals surface area contributed by atoms with E-state index in [4.69, 9.17) is 23.3 Å². The SMILES string of the molecule is Cc1c(C)c(C)c(N)c(C)c1C.O=S(=O)(O)O. The summed E-state index contributed by atoms with van der Waals surface area (Å²) >= 11 is 0. The summed E-state index contributed by atoms with van der Waals surface area (Å²) in [5, 5.41) is 0. The minimum atomic E-state index is -4.67. The van der Waals surface area contributed by atoms with E-state index in [1.165, 1.54) is 27.8 Å². The van der Waals surface area contributed by atoms with Crippen molar-refractivity contribution in [3.63, 3.8) is 0 Å². The van der Waals surface area contributed by atoms with Crippen LogP contribution >= 0.6 is 0 Å². The summed E-state index contributed by atoms with van der Waals surface area (Å²) in [5.41, 5.74) is 13.4. The predicted molar refractivity (Wildman–Crippen MR) is 68.7 cm³/mol. The van der Waals surface area contributed by atoms with Crippen molar-refractivity contribution < 1.29 is 17.5 Å². The maximum absolute atomic E-state index is 8.74. The van der Waals surface area contributed by atoms with Gasteiger partial charge in [0, 0.05) is 5.69 Å². The Balaban J connectivity index is 0.000000437. The van der Waals surface area contributed by atoms with E-state index in [2.05, 4.69) is 34.6 Å². The molecule has 0 amide bonds. The maximum Gasteiger partial charge on any atom is 0.394 e. The molecule has 0 aliphatic heterocycles. The highest BCUT2D eigenvalue weighted by Gasteiger charge is 2.08. The minimum Gasteiger partial charge on any atom is -0.398 e. The quantitative estimate of drug-likeness (QED) is 0.491. The van der Waals surface area contributed by atoms with Gasteiger partial charge in [-0.05, 0) is 62.4 Å². The molecule has 0 saturated carbocycles. The number of hydrogen-bond donors (Lipinski definition) is 3. The summed E-state index contributed by atoms with van der Waals surface area (Å²) < 4.78 is 31.6. The molecule has 0 heterocycles. The van der Waals surface area contributed by atoms with E-state index < -0.39 is 10.4 Å². The molecule has 0 saturated heterocycles. The normalized spacial score (nSPS) is 10.8. The van der Waals surface area contributed by atoms with E-state index in [1.54, 1.807) is 0 Å². The predicted octanol–water partition coefficient (Wildman–Crippen LogP) is 2.16. The van der Waals surface area contributed by atoms with Crippen molar-refractivity contribution in [1.29, 1.82) is 0 Å². The van der Waals surface area contributed by atoms with Crippen molar-refractivity contribution in [3.8, 4) is 0 Å². The Morgan fingerprint density at radius 1 is 0.765 bits per heavy atom. The third-order valence-corrected chi connectivity index (χ3v) is 3.06. The molecule has 0 fully saturated rings. The maximum atomic E-state index is 8.74. The lowest BCUT2D eigenvalue weighted by atomic mass is 9.93. The Morgan fingerprint density at radius 3 is 1.18 bits per heavy atom. The lowest BCUT2D eigenvalue weighted by molar-refractivity contribution is 0.381. The van der Waals surface area contributed by atoms with Gasteiger partial charge in [-0.15, -0.1) is 0 Å². The summed E-state index contributed by atoms with van der Waals surface area (Å²) in [6.07, 6.45) is 0. The van der Waals surface area contributed by atoms with Crippen molar-refractivity contribution in [2.24, 2.45) is 0 Å². The first kappa shape index (κ1) is 15.9. The average Bonchev–Trinajstić information content (AvgIpc) is 2.18. The Morgan fingerprint density at radius 2 is 0.941 bits per heavy atom. The van der Waals surface area contributed by atoms with Crippen molar-refractivity contribution >= 4 is 16.1 Å². The molecule has 0 atom stereocenters. The third kappa shape index (κ3) is 4.72. The lowest BCUT2D eigenvalue weighted by Crippen LogP contribution is -2.01. The molecule has 6 heteroatoms. The fourth-order valence-corrected chi connectivity index (χ4v) is 1.53. The van der Waals surface area contributed by atoms with Crippen molar-refractivity contribution in [1.82, 2.24) is 0 Å². The Hall–Kier alpha value is -1.11. The van der Waals surface area contributed by atoms with Gasteiger partial charge >= 0.3 is 10.4 Å². The third-order valence-electron chi connectivity index (χ3n) is 3.06. The summed E-state index contributed by atoms with van der Waals surface area (Å²) in [7, 11) is -4.67. The van der Waals surface area contributed by atoms with Crippen LogP contribution in [-0.2, 0) is 10.4 Å². The fourth-order valence-electron chi connectivity index (χ4n) is 1.53. The second kappa shape index (κ2) is 5.48. The van der Waals surface area contributed by atoms with E-state index in [0.717, 1.165) is 5.69 Å². The molecule has 0 bridgehead atoms. The van der Waals surface area contributed by atoms with Crippen LogP contribution in [0, 0.1) is 34.6 Å². The lowest BCUT2D eigenvalue weighted by Gasteiger charge is -2.15. The number of rotatable bonds is 0. The monoisotopic (exact) mass is 261 g/mol. The van der Waals surface area contributed by atoms with Gasteiger partial charge in [-0.25, -0.2) is 0 Å². The number of nitrogens with two attached hydrogens (primary N) is 1. The van der Waals surface area contributed by atoms with Gasteiger partial charge in [-0.1, -0.05) is 0 Å². The summed E-state index contributed by atoms with van der Waals surface area (Å²) in [6, 6.07) is 0. The molecule has 1 aromatic carbocycles. The standard InChI is InChI=1S/C11H17N.H2O4S/c1-6-7(2)9(4)11(12)10(5)8(6)3;1-5(2,3)4/h12H2,1-5H3;(H2,1,2,3,4). The zero-order valence-corrected chi connectivity index (χ0v) is 11.5. The number of nitrogen functional groups attached to an aromatic ring is 1. The van der Waals surface area contributed by atoms with Gasteiger partial charge in [0.05, 0.1) is 0 Å². The summed E-state index contributed by atoms with van der Waals surface area (Å²) in [5.74, 6) is 0. The van der Waals surface area contributed by atoms with E-state index in [0.29, 0.717) is 0 Å². The molecule has 4 N–H and O–H groups in total. The first-order valence-corrected chi connectivity index (χ1v) is 6.38. The molecule has 5 nitrogen and oxygen atoms in total. The van der Waals surface area contributed by atoms with Crippen molar-refractivity contribution in [3.05, 3.63) is 27.8 Å². The molecule has 98 valence electrons. The van der Waals surface area contributed by atoms with Crippen LogP contribution in [-0.4, -0.2) is 17.5 Å². The molecule has 17 heavy (non-hydrogen) atoms. The van der Waals surface area contributed by atoms with Gasteiger partial charge in [0.1, 0.15) is 0 Å². The Kier molecular flexibility index (Phi) is 5.12. The van der Waals surface area contributed by atoms with Gasteiger partial charge in [0.15, 0.2) is 0 Å². The number of benzene rings is 1. The largest absolute Gasteiger partial charge is 0.398 e. The molecular formula is C11H19NO4S. The smallest absolute Gasteiger partial charge is 0.394 e. The highest BCUT2D eigenvalue weighted by Crippen LogP contribution is 2.27. The van der Waals surface area contributed by atoms with Crippen LogP contribution in [0.5, 0.6) is 0 Å². The van der Waals surface area contributed by atoms with Crippen LogP contribution in [0.15, 0.2) is 0 Å². The molecule has 0 aliphatic rings. The fraction of sp³-hybridized carbons (Fsp3) is 0.455. The van der Waals surface area contributed by atoms with Gasteiger partial charge in [-0.2, -0.15) is 8.42 Å². The van der Waals surface area contributed by atoms with Crippen LogP contribution in [0.2, 0.25) is 0 Å². The summed E-state index contributed by atoms with van der Waals surface area (Å²) in [6.45, 7) is 10.6. The summed E-state index contributed by atoms with van der Waals surface area (Å²) in [4.78, 5) is 0. The zero-order chi connectivity index (χ0) is 14.0. The van der Waals surface area contributed by atoms with Gasteiger partial charge in [0.25, 0.3) is 0 Å². The van der Waals surface area contributed by atoms with Gasteiger partial charge in [0.2, 0.25) is 0 Å². The Labute approximate surface area is 102 Å². The topological polar surface area (TPSA) is 101 Å². The second-order valence-electron chi connectivity index (χ2n) is 3.99. The molecule has 1 aromatic rings. The van der Waals surface area contributed by atoms with Crippen molar-refractivity contribution in [2.45, 2.75) is 34.6 Å². The van der Waals surface area contributed by atoms with E-state index >= 15 is 0 Å².